The van der Waals surface area contributed by atoms with Crippen LogP contribution < -0.4 is 15.1 Å². The second-order valence-electron chi connectivity index (χ2n) is 6.70. The van der Waals surface area contributed by atoms with E-state index in [4.69, 9.17) is 18.3 Å². The fourth-order valence-corrected chi connectivity index (χ4v) is 2.99. The maximum atomic E-state index is 11.8. The molecule has 0 saturated heterocycles. The van der Waals surface area contributed by atoms with E-state index >= 15 is 0 Å². The molecule has 5 heteroatoms. The van der Waals surface area contributed by atoms with E-state index in [-0.39, 0.29) is 0 Å². The lowest BCUT2D eigenvalue weighted by atomic mass is 10.1. The zero-order valence-corrected chi connectivity index (χ0v) is 16.1. The van der Waals surface area contributed by atoms with Gasteiger partial charge in [0.2, 0.25) is 5.75 Å². The van der Waals surface area contributed by atoms with E-state index in [0.29, 0.717) is 34.7 Å². The van der Waals surface area contributed by atoms with Crippen LogP contribution in [0.4, 0.5) is 0 Å². The summed E-state index contributed by atoms with van der Waals surface area (Å²) in [5.74, 6) is 1.01. The predicted molar refractivity (Wildman–Crippen MR) is 107 cm³/mol. The molecule has 5 nitrogen and oxygen atoms in total. The average molecular weight is 368 g/mol. The number of rotatable bonds is 7. The number of benzene rings is 1. The Morgan fingerprint density at radius 2 is 1.81 bits per heavy atom. The quantitative estimate of drug-likeness (QED) is 0.400. The summed E-state index contributed by atoms with van der Waals surface area (Å²) < 4.78 is 22.5. The van der Waals surface area contributed by atoms with Crippen molar-refractivity contribution < 1.29 is 18.3 Å². The number of methoxy groups -OCH3 is 1. The molecule has 0 spiro atoms. The molecular weight excluding hydrogens is 344 g/mol. The van der Waals surface area contributed by atoms with Crippen molar-refractivity contribution in [1.29, 1.82) is 0 Å². The van der Waals surface area contributed by atoms with Crippen molar-refractivity contribution in [2.24, 2.45) is 0 Å². The van der Waals surface area contributed by atoms with Crippen LogP contribution in [0.2, 0.25) is 0 Å². The smallest absolute Gasteiger partial charge is 0.336 e. The monoisotopic (exact) mass is 368 g/mol. The van der Waals surface area contributed by atoms with Crippen molar-refractivity contribution >= 4 is 21.9 Å². The van der Waals surface area contributed by atoms with Crippen molar-refractivity contribution in [2.75, 3.05) is 13.7 Å². The number of hydrogen-bond donors (Lipinski definition) is 0. The van der Waals surface area contributed by atoms with Crippen molar-refractivity contribution in [1.82, 2.24) is 0 Å². The van der Waals surface area contributed by atoms with Gasteiger partial charge < -0.3 is 18.3 Å². The molecule has 0 amide bonds. The Kier molecular flexibility index (Phi) is 5.69. The summed E-state index contributed by atoms with van der Waals surface area (Å²) in [6.07, 6.45) is 7.80. The minimum atomic E-state index is -0.450. The summed E-state index contributed by atoms with van der Waals surface area (Å²) in [6.45, 7) is 6.63. The first kappa shape index (κ1) is 18.8. The number of ether oxygens (including phenoxy) is 2. The van der Waals surface area contributed by atoms with Crippen LogP contribution in [0.15, 0.2) is 61.4 Å². The van der Waals surface area contributed by atoms with Crippen molar-refractivity contribution in [3.05, 3.63) is 58.2 Å². The molecule has 3 aromatic rings. The van der Waals surface area contributed by atoms with Gasteiger partial charge in [-0.15, -0.1) is 0 Å². The Labute approximate surface area is 157 Å². The lowest BCUT2D eigenvalue weighted by molar-refractivity contribution is 0.354. The molecule has 1 aromatic carbocycles. The molecule has 0 unspecified atom stereocenters. The van der Waals surface area contributed by atoms with E-state index in [1.807, 2.05) is 12.1 Å². The SMILES string of the molecule is COc1c2ccoc2c(OC/C=C(\C)CCC=C(C)C)c2oc(=O)ccc12. The fourth-order valence-electron chi connectivity index (χ4n) is 2.99. The Balaban J connectivity index is 1.93. The largest absolute Gasteiger partial charge is 0.495 e. The summed E-state index contributed by atoms with van der Waals surface area (Å²) in [5, 5.41) is 1.45. The summed E-state index contributed by atoms with van der Waals surface area (Å²) in [6, 6.07) is 4.86. The van der Waals surface area contributed by atoms with E-state index in [2.05, 4.69) is 26.8 Å². The lowest BCUT2D eigenvalue weighted by Gasteiger charge is -2.11. The highest BCUT2D eigenvalue weighted by Gasteiger charge is 2.20. The third kappa shape index (κ3) is 4.08. The van der Waals surface area contributed by atoms with Crippen molar-refractivity contribution in [2.45, 2.75) is 33.6 Å². The Hall–Kier alpha value is -2.95. The van der Waals surface area contributed by atoms with Crippen molar-refractivity contribution in [3.63, 3.8) is 0 Å². The molecule has 0 radical (unpaired) electrons. The lowest BCUT2D eigenvalue weighted by Crippen LogP contribution is -2.01. The predicted octanol–water partition coefficient (Wildman–Crippen LogP) is 5.62. The maximum Gasteiger partial charge on any atom is 0.336 e. The second-order valence-corrected chi connectivity index (χ2v) is 6.70. The summed E-state index contributed by atoms with van der Waals surface area (Å²) in [5.41, 5.74) is 2.94. The minimum absolute atomic E-state index is 0.331. The Morgan fingerprint density at radius 1 is 1.04 bits per heavy atom. The third-order valence-electron chi connectivity index (χ3n) is 4.36. The Bertz CT molecular complexity index is 1060. The van der Waals surface area contributed by atoms with Gasteiger partial charge in [0, 0.05) is 6.07 Å². The zero-order chi connectivity index (χ0) is 19.4. The van der Waals surface area contributed by atoms with Crippen LogP contribution >= 0.6 is 0 Å². The standard InChI is InChI=1S/C22H24O5/c1-14(2)6-5-7-15(3)10-12-26-22-20-17(11-13-25-20)19(24-4)16-8-9-18(23)27-21(16)22/h6,8-11,13H,5,7,12H2,1-4H3/b15-10+. The van der Waals surface area contributed by atoms with Crippen LogP contribution in [-0.2, 0) is 0 Å². The Morgan fingerprint density at radius 3 is 2.56 bits per heavy atom. The first-order valence-electron chi connectivity index (χ1n) is 8.94. The van der Waals surface area contributed by atoms with Gasteiger partial charge in [0.25, 0.3) is 0 Å². The van der Waals surface area contributed by atoms with Gasteiger partial charge in [0.1, 0.15) is 12.4 Å². The molecule has 0 atom stereocenters. The molecule has 0 fully saturated rings. The first-order valence-corrected chi connectivity index (χ1v) is 8.94. The molecule has 0 aliphatic rings. The van der Waals surface area contributed by atoms with Crippen molar-refractivity contribution in [3.8, 4) is 11.5 Å². The van der Waals surface area contributed by atoms with Gasteiger partial charge in [-0.3, -0.25) is 0 Å². The highest BCUT2D eigenvalue weighted by atomic mass is 16.5. The van der Waals surface area contributed by atoms with Crippen LogP contribution in [0, 0.1) is 0 Å². The van der Waals surface area contributed by atoms with Crippen LogP contribution in [0.25, 0.3) is 21.9 Å². The van der Waals surface area contributed by atoms with Gasteiger partial charge >= 0.3 is 5.63 Å². The highest BCUT2D eigenvalue weighted by molar-refractivity contribution is 6.06. The van der Waals surface area contributed by atoms with Crippen LogP contribution in [0.1, 0.15) is 33.6 Å². The first-order chi connectivity index (χ1) is 13.0. The molecule has 0 saturated carbocycles. The summed E-state index contributed by atoms with van der Waals surface area (Å²) in [7, 11) is 1.57. The van der Waals surface area contributed by atoms with Crippen LogP contribution in [-0.4, -0.2) is 13.7 Å². The molecule has 27 heavy (non-hydrogen) atoms. The molecule has 2 heterocycles. The number of hydrogen-bond acceptors (Lipinski definition) is 5. The zero-order valence-electron chi connectivity index (χ0n) is 16.1. The van der Waals surface area contributed by atoms with E-state index < -0.39 is 5.63 Å². The molecule has 0 bridgehead atoms. The van der Waals surface area contributed by atoms with E-state index in [0.717, 1.165) is 18.2 Å². The topological polar surface area (TPSA) is 61.8 Å². The number of fused-ring (bicyclic) bond motifs is 2. The molecule has 0 aliphatic heterocycles. The van der Waals surface area contributed by atoms with Crippen LogP contribution in [0.5, 0.6) is 11.5 Å². The van der Waals surface area contributed by atoms with Gasteiger partial charge in [-0.05, 0) is 51.8 Å². The summed E-state index contributed by atoms with van der Waals surface area (Å²) in [4.78, 5) is 11.8. The normalized spacial score (nSPS) is 11.8. The highest BCUT2D eigenvalue weighted by Crippen LogP contribution is 2.42. The minimum Gasteiger partial charge on any atom is -0.495 e. The molecule has 142 valence electrons. The molecule has 0 N–H and O–H groups in total. The molecular formula is C22H24O5. The molecule has 2 aromatic heterocycles. The van der Waals surface area contributed by atoms with E-state index in [1.54, 1.807) is 19.4 Å². The van der Waals surface area contributed by atoms with Gasteiger partial charge in [-0.25, -0.2) is 4.79 Å². The maximum absolute atomic E-state index is 11.8. The van der Waals surface area contributed by atoms with Gasteiger partial charge in [0.05, 0.1) is 24.1 Å². The van der Waals surface area contributed by atoms with Gasteiger partial charge in [-0.2, -0.15) is 0 Å². The average Bonchev–Trinajstić information content (AvgIpc) is 3.10. The van der Waals surface area contributed by atoms with E-state index in [1.165, 1.54) is 17.2 Å². The van der Waals surface area contributed by atoms with Crippen LogP contribution in [0.3, 0.4) is 0 Å². The second kappa shape index (κ2) is 8.16. The summed E-state index contributed by atoms with van der Waals surface area (Å²) >= 11 is 0. The molecule has 3 rings (SSSR count). The molecule has 0 aliphatic carbocycles. The number of allylic oxidation sites excluding steroid dienone is 3. The fraction of sp³-hybridized carbons (Fsp3) is 0.318. The number of furan rings is 1. The van der Waals surface area contributed by atoms with E-state index in [9.17, 15) is 4.79 Å². The van der Waals surface area contributed by atoms with Gasteiger partial charge in [0.15, 0.2) is 11.2 Å². The van der Waals surface area contributed by atoms with Gasteiger partial charge in [-0.1, -0.05) is 17.2 Å². The third-order valence-corrected chi connectivity index (χ3v) is 4.36.